The number of benzene rings is 1. The van der Waals surface area contributed by atoms with Crippen molar-refractivity contribution in [1.82, 2.24) is 14.5 Å². The molecule has 1 aliphatic rings. The molecule has 28 heavy (non-hydrogen) atoms. The van der Waals surface area contributed by atoms with Crippen LogP contribution in [0.3, 0.4) is 0 Å². The van der Waals surface area contributed by atoms with Gasteiger partial charge in [-0.1, -0.05) is 19.1 Å². The Bertz CT molecular complexity index is 1010. The summed E-state index contributed by atoms with van der Waals surface area (Å²) in [7, 11) is 0. The highest BCUT2D eigenvalue weighted by Gasteiger charge is 2.17. The van der Waals surface area contributed by atoms with Gasteiger partial charge in [0.1, 0.15) is 0 Å². The maximum Gasteiger partial charge on any atom is 0.419 e. The summed E-state index contributed by atoms with van der Waals surface area (Å²) in [6, 6.07) is 7.21. The molecule has 148 valence electrons. The van der Waals surface area contributed by atoms with E-state index in [1.54, 1.807) is 6.07 Å². The lowest BCUT2D eigenvalue weighted by atomic mass is 9.99. The van der Waals surface area contributed by atoms with E-state index in [4.69, 9.17) is 4.42 Å². The summed E-state index contributed by atoms with van der Waals surface area (Å²) in [5, 5.41) is 5.45. The number of para-hydroxylation sites is 2. The summed E-state index contributed by atoms with van der Waals surface area (Å²) >= 11 is 1.44. The van der Waals surface area contributed by atoms with Crippen LogP contribution in [0.2, 0.25) is 0 Å². The van der Waals surface area contributed by atoms with Crippen LogP contribution in [-0.2, 0) is 17.9 Å². The molecule has 0 bridgehead atoms. The first kappa shape index (κ1) is 18.9. The van der Waals surface area contributed by atoms with Gasteiger partial charge in [-0.2, -0.15) is 0 Å². The van der Waals surface area contributed by atoms with Crippen molar-refractivity contribution in [3.8, 4) is 0 Å². The van der Waals surface area contributed by atoms with E-state index < -0.39 is 5.76 Å². The molecule has 1 fully saturated rings. The Kier molecular flexibility index (Phi) is 5.59. The molecule has 4 rings (SSSR count). The minimum absolute atomic E-state index is 0.162. The minimum Gasteiger partial charge on any atom is -0.408 e. The molecular weight excluding hydrogens is 376 g/mol. The first-order chi connectivity index (χ1) is 13.6. The second-order valence-corrected chi connectivity index (χ2v) is 8.25. The van der Waals surface area contributed by atoms with Crippen LogP contribution in [0.25, 0.3) is 11.1 Å². The number of oxazole rings is 1. The summed E-state index contributed by atoms with van der Waals surface area (Å²) in [6.07, 6.45) is 2.65. The van der Waals surface area contributed by atoms with Gasteiger partial charge in [0.25, 0.3) is 0 Å². The number of hydrogen-bond donors (Lipinski definition) is 1. The number of carbonyl (C=O) groups excluding carboxylic acids is 1. The zero-order valence-electron chi connectivity index (χ0n) is 15.9. The first-order valence-corrected chi connectivity index (χ1v) is 10.5. The van der Waals surface area contributed by atoms with Crippen molar-refractivity contribution in [3.05, 3.63) is 45.9 Å². The molecule has 7 nitrogen and oxygen atoms in total. The monoisotopic (exact) mass is 400 g/mol. The summed E-state index contributed by atoms with van der Waals surface area (Å²) < 4.78 is 6.68. The fourth-order valence-electron chi connectivity index (χ4n) is 3.51. The van der Waals surface area contributed by atoms with E-state index in [-0.39, 0.29) is 18.9 Å². The Hall–Kier alpha value is -2.45. The molecule has 1 saturated heterocycles. The van der Waals surface area contributed by atoms with E-state index in [0.717, 1.165) is 31.2 Å². The molecule has 0 spiro atoms. The van der Waals surface area contributed by atoms with E-state index in [1.807, 2.05) is 23.6 Å². The molecule has 8 heteroatoms. The number of thiazole rings is 1. The van der Waals surface area contributed by atoms with E-state index in [0.29, 0.717) is 16.2 Å². The van der Waals surface area contributed by atoms with Gasteiger partial charge in [-0.25, -0.2) is 9.78 Å². The molecule has 0 unspecified atom stereocenters. The molecular formula is C20H24N4O3S. The molecule has 0 saturated carbocycles. The third kappa shape index (κ3) is 4.34. The zero-order valence-corrected chi connectivity index (χ0v) is 16.7. The number of hydrogen-bond acceptors (Lipinski definition) is 6. The molecule has 1 amide bonds. The van der Waals surface area contributed by atoms with Gasteiger partial charge in [0.15, 0.2) is 10.7 Å². The van der Waals surface area contributed by atoms with Gasteiger partial charge < -0.3 is 9.73 Å². The first-order valence-electron chi connectivity index (χ1n) is 9.63. The quantitative estimate of drug-likeness (QED) is 0.687. The number of nitrogens with one attached hydrogen (secondary N) is 1. The van der Waals surface area contributed by atoms with E-state index in [1.165, 1.54) is 28.7 Å². The van der Waals surface area contributed by atoms with Crippen LogP contribution in [0.1, 0.15) is 31.9 Å². The van der Waals surface area contributed by atoms with Crippen molar-refractivity contribution < 1.29 is 9.21 Å². The van der Waals surface area contributed by atoms with Crippen LogP contribution in [0.4, 0.5) is 5.13 Å². The second-order valence-electron chi connectivity index (χ2n) is 7.39. The number of aromatic nitrogens is 2. The van der Waals surface area contributed by atoms with Gasteiger partial charge in [0.05, 0.1) is 11.2 Å². The number of carbonyl (C=O) groups is 1. The molecule has 3 heterocycles. The van der Waals surface area contributed by atoms with E-state index >= 15 is 0 Å². The molecule has 0 aliphatic carbocycles. The number of nitrogens with zero attached hydrogens (tertiary/aromatic N) is 3. The summed E-state index contributed by atoms with van der Waals surface area (Å²) in [6.45, 7) is 5.61. The largest absolute Gasteiger partial charge is 0.419 e. The molecule has 1 aliphatic heterocycles. The molecule has 1 N–H and O–H groups in total. The predicted octanol–water partition coefficient (Wildman–Crippen LogP) is 3.31. The third-order valence-corrected chi connectivity index (χ3v) is 6.00. The van der Waals surface area contributed by atoms with Crippen molar-refractivity contribution in [1.29, 1.82) is 0 Å². The molecule has 0 atom stereocenters. The number of rotatable bonds is 6. The highest BCUT2D eigenvalue weighted by atomic mass is 32.1. The van der Waals surface area contributed by atoms with Gasteiger partial charge in [-0.15, -0.1) is 11.3 Å². The van der Waals surface area contributed by atoms with Crippen molar-refractivity contribution in [3.63, 3.8) is 0 Å². The van der Waals surface area contributed by atoms with Crippen LogP contribution in [0.15, 0.2) is 38.9 Å². The Morgan fingerprint density at radius 1 is 1.32 bits per heavy atom. The summed E-state index contributed by atoms with van der Waals surface area (Å²) in [5.74, 6) is 0.202. The van der Waals surface area contributed by atoms with Crippen LogP contribution < -0.4 is 11.1 Å². The number of piperidine rings is 1. The summed E-state index contributed by atoms with van der Waals surface area (Å²) in [5.41, 5.74) is 2.23. The smallest absolute Gasteiger partial charge is 0.408 e. The van der Waals surface area contributed by atoms with Crippen molar-refractivity contribution >= 4 is 33.5 Å². The average molecular weight is 401 g/mol. The number of amides is 1. The normalized spacial score (nSPS) is 15.9. The maximum atomic E-state index is 12.3. The third-order valence-electron chi connectivity index (χ3n) is 5.20. The van der Waals surface area contributed by atoms with Crippen LogP contribution in [0, 0.1) is 5.92 Å². The lowest BCUT2D eigenvalue weighted by Gasteiger charge is -2.29. The highest BCUT2D eigenvalue weighted by Crippen LogP contribution is 2.21. The Morgan fingerprint density at radius 3 is 2.93 bits per heavy atom. The fourth-order valence-corrected chi connectivity index (χ4v) is 4.22. The van der Waals surface area contributed by atoms with E-state index in [2.05, 4.69) is 22.1 Å². The Morgan fingerprint density at radius 2 is 2.11 bits per heavy atom. The number of likely N-dealkylation sites (tertiary alicyclic amines) is 1. The summed E-state index contributed by atoms with van der Waals surface area (Å²) in [4.78, 5) is 31.2. The van der Waals surface area contributed by atoms with Crippen LogP contribution in [-0.4, -0.2) is 33.4 Å². The molecule has 0 radical (unpaired) electrons. The average Bonchev–Trinajstić information content (AvgIpc) is 3.25. The van der Waals surface area contributed by atoms with Crippen LogP contribution in [0.5, 0.6) is 0 Å². The molecule has 3 aromatic rings. The molecule has 2 aromatic heterocycles. The van der Waals surface area contributed by atoms with Gasteiger partial charge in [0, 0.05) is 24.9 Å². The van der Waals surface area contributed by atoms with Crippen molar-refractivity contribution in [2.24, 2.45) is 5.92 Å². The zero-order chi connectivity index (χ0) is 19.5. The SMILES string of the molecule is CC1CCN(Cc2csc(NC(=O)CCn3c(=O)oc4ccccc43)n2)CC1. The number of anilines is 1. The van der Waals surface area contributed by atoms with Gasteiger partial charge in [-0.3, -0.25) is 14.3 Å². The molecule has 1 aromatic carbocycles. The highest BCUT2D eigenvalue weighted by molar-refractivity contribution is 7.13. The fraction of sp³-hybridized carbons (Fsp3) is 0.450. The topological polar surface area (TPSA) is 80.4 Å². The minimum atomic E-state index is -0.443. The van der Waals surface area contributed by atoms with E-state index in [9.17, 15) is 9.59 Å². The second kappa shape index (κ2) is 8.28. The van der Waals surface area contributed by atoms with Gasteiger partial charge in [-0.05, 0) is 44.0 Å². The van der Waals surface area contributed by atoms with Crippen molar-refractivity contribution in [2.75, 3.05) is 18.4 Å². The number of aryl methyl sites for hydroxylation is 1. The predicted molar refractivity (Wildman–Crippen MR) is 110 cm³/mol. The van der Waals surface area contributed by atoms with Gasteiger partial charge in [0.2, 0.25) is 5.91 Å². The lowest BCUT2D eigenvalue weighted by molar-refractivity contribution is -0.116. The van der Waals surface area contributed by atoms with Gasteiger partial charge >= 0.3 is 5.76 Å². The van der Waals surface area contributed by atoms with Crippen molar-refractivity contribution in [2.45, 2.75) is 39.3 Å². The lowest BCUT2D eigenvalue weighted by Crippen LogP contribution is -2.32. The standard InChI is InChI=1S/C20H24N4O3S/c1-14-6-9-23(10-7-14)12-15-13-28-19(21-15)22-18(25)8-11-24-16-4-2-3-5-17(16)27-20(24)26/h2-5,13-14H,6-12H2,1H3,(H,21,22,25). The number of fused-ring (bicyclic) bond motifs is 1. The Balaban J connectivity index is 1.31. The Labute approximate surface area is 167 Å². The van der Waals surface area contributed by atoms with Crippen LogP contribution >= 0.6 is 11.3 Å². The maximum absolute atomic E-state index is 12.3.